The number of carbonyl (C=O) groups is 1. The number of imidazole rings is 1. The SMILES string of the molecule is CCCCCOc1ccc(Cn2c(C)nc3ccc(OC(C)(C)C(=O)OCC)cc32)c(Cl)c1. The summed E-state index contributed by atoms with van der Waals surface area (Å²) in [6.45, 7) is 10.9. The van der Waals surface area contributed by atoms with Crippen LogP contribution in [0.3, 0.4) is 0 Å². The number of hydrogen-bond donors (Lipinski definition) is 0. The third-order valence-electron chi connectivity index (χ3n) is 5.42. The lowest BCUT2D eigenvalue weighted by Gasteiger charge is -2.24. The van der Waals surface area contributed by atoms with Crippen molar-refractivity contribution in [2.45, 2.75) is 66.0 Å². The molecule has 178 valence electrons. The average Bonchev–Trinajstić information content (AvgIpc) is 3.07. The Balaban J connectivity index is 1.81. The van der Waals surface area contributed by atoms with Crippen molar-refractivity contribution in [2.24, 2.45) is 0 Å². The van der Waals surface area contributed by atoms with Crippen molar-refractivity contribution < 1.29 is 19.0 Å². The van der Waals surface area contributed by atoms with Gasteiger partial charge >= 0.3 is 5.97 Å². The summed E-state index contributed by atoms with van der Waals surface area (Å²) in [7, 11) is 0. The molecule has 1 aromatic heterocycles. The van der Waals surface area contributed by atoms with Crippen molar-refractivity contribution in [3.8, 4) is 11.5 Å². The molecule has 0 atom stereocenters. The van der Waals surface area contributed by atoms with E-state index >= 15 is 0 Å². The van der Waals surface area contributed by atoms with Gasteiger partial charge in [0.2, 0.25) is 0 Å². The first-order valence-corrected chi connectivity index (χ1v) is 11.9. The van der Waals surface area contributed by atoms with E-state index in [-0.39, 0.29) is 0 Å². The Morgan fingerprint density at radius 2 is 1.85 bits per heavy atom. The molecular formula is C26H33ClN2O4. The van der Waals surface area contributed by atoms with Crippen molar-refractivity contribution in [3.63, 3.8) is 0 Å². The molecule has 7 heteroatoms. The fourth-order valence-corrected chi connectivity index (χ4v) is 3.82. The second kappa shape index (κ2) is 10.9. The number of aryl methyl sites for hydroxylation is 1. The van der Waals surface area contributed by atoms with Crippen LogP contribution in [-0.2, 0) is 16.1 Å². The lowest BCUT2D eigenvalue weighted by molar-refractivity contribution is -0.158. The molecule has 33 heavy (non-hydrogen) atoms. The second-order valence-electron chi connectivity index (χ2n) is 8.54. The van der Waals surface area contributed by atoms with E-state index in [2.05, 4.69) is 16.5 Å². The predicted octanol–water partition coefficient (Wildman–Crippen LogP) is 6.34. The number of halogens is 1. The van der Waals surface area contributed by atoms with E-state index in [9.17, 15) is 4.79 Å². The normalized spacial score (nSPS) is 11.6. The summed E-state index contributed by atoms with van der Waals surface area (Å²) >= 11 is 6.58. The fraction of sp³-hybridized carbons (Fsp3) is 0.462. The van der Waals surface area contributed by atoms with Crippen LogP contribution >= 0.6 is 11.6 Å². The summed E-state index contributed by atoms with van der Waals surface area (Å²) < 4.78 is 19.0. The number of nitrogens with zero attached hydrogens (tertiary/aromatic N) is 2. The van der Waals surface area contributed by atoms with Gasteiger partial charge in [0, 0.05) is 11.1 Å². The molecule has 0 saturated heterocycles. The number of benzene rings is 2. The van der Waals surface area contributed by atoms with Gasteiger partial charge < -0.3 is 18.8 Å². The standard InChI is InChI=1S/C26H33ClN2O4/c1-6-8-9-14-32-20-11-10-19(22(27)15-20)17-29-18(3)28-23-13-12-21(16-24(23)29)33-26(4,5)25(30)31-7-2/h10-13,15-16H,6-9,14,17H2,1-5H3. The number of rotatable bonds is 11. The van der Waals surface area contributed by atoms with Gasteiger partial charge in [0.25, 0.3) is 0 Å². The number of carbonyl (C=O) groups excluding carboxylic acids is 1. The van der Waals surface area contributed by atoms with Crippen molar-refractivity contribution in [1.29, 1.82) is 0 Å². The van der Waals surface area contributed by atoms with E-state index in [0.29, 0.717) is 30.5 Å². The smallest absolute Gasteiger partial charge is 0.349 e. The highest BCUT2D eigenvalue weighted by Crippen LogP contribution is 2.29. The first-order valence-electron chi connectivity index (χ1n) is 11.5. The van der Waals surface area contributed by atoms with E-state index < -0.39 is 11.6 Å². The topological polar surface area (TPSA) is 62.6 Å². The molecule has 0 radical (unpaired) electrons. The Morgan fingerprint density at radius 1 is 1.09 bits per heavy atom. The van der Waals surface area contributed by atoms with Crippen molar-refractivity contribution in [1.82, 2.24) is 9.55 Å². The molecular weight excluding hydrogens is 440 g/mol. The van der Waals surface area contributed by atoms with Crippen molar-refractivity contribution in [2.75, 3.05) is 13.2 Å². The minimum atomic E-state index is -1.10. The van der Waals surface area contributed by atoms with E-state index in [1.807, 2.05) is 43.3 Å². The van der Waals surface area contributed by atoms with E-state index in [0.717, 1.165) is 47.4 Å². The first kappa shape index (κ1) is 24.9. The van der Waals surface area contributed by atoms with Gasteiger partial charge in [0.05, 0.1) is 30.8 Å². The second-order valence-corrected chi connectivity index (χ2v) is 8.94. The molecule has 0 fully saturated rings. The molecule has 6 nitrogen and oxygen atoms in total. The molecule has 1 heterocycles. The Kier molecular flexibility index (Phi) is 8.25. The minimum absolute atomic E-state index is 0.306. The van der Waals surface area contributed by atoms with Gasteiger partial charge in [-0.2, -0.15) is 0 Å². The highest BCUT2D eigenvalue weighted by Gasteiger charge is 2.31. The maximum Gasteiger partial charge on any atom is 0.349 e. The quantitative estimate of drug-likeness (QED) is 0.241. The van der Waals surface area contributed by atoms with Crippen LogP contribution in [0, 0.1) is 6.92 Å². The van der Waals surface area contributed by atoms with Crippen LogP contribution in [0.25, 0.3) is 11.0 Å². The van der Waals surface area contributed by atoms with Gasteiger partial charge in [-0.3, -0.25) is 0 Å². The lowest BCUT2D eigenvalue weighted by atomic mass is 10.1. The maximum absolute atomic E-state index is 12.2. The zero-order chi connectivity index (χ0) is 24.0. The number of aromatic nitrogens is 2. The number of esters is 1. The van der Waals surface area contributed by atoms with Crippen molar-refractivity contribution >= 4 is 28.6 Å². The van der Waals surface area contributed by atoms with Gasteiger partial charge in [-0.1, -0.05) is 37.4 Å². The highest BCUT2D eigenvalue weighted by molar-refractivity contribution is 6.31. The molecule has 0 aliphatic rings. The number of hydrogen-bond acceptors (Lipinski definition) is 5. The molecule has 2 aromatic carbocycles. The predicted molar refractivity (Wildman–Crippen MR) is 131 cm³/mol. The van der Waals surface area contributed by atoms with Crippen LogP contribution in [0.15, 0.2) is 36.4 Å². The van der Waals surface area contributed by atoms with Crippen LogP contribution in [0.5, 0.6) is 11.5 Å². The number of ether oxygens (including phenoxy) is 3. The maximum atomic E-state index is 12.2. The third kappa shape index (κ3) is 6.20. The Morgan fingerprint density at radius 3 is 2.55 bits per heavy atom. The van der Waals surface area contributed by atoms with E-state index in [1.165, 1.54) is 0 Å². The van der Waals surface area contributed by atoms with Gasteiger partial charge in [0.15, 0.2) is 5.60 Å². The number of unbranched alkanes of at least 4 members (excludes halogenated alkanes) is 2. The average molecular weight is 473 g/mol. The summed E-state index contributed by atoms with van der Waals surface area (Å²) in [5, 5.41) is 0.653. The van der Waals surface area contributed by atoms with Gasteiger partial charge in [-0.05, 0) is 63.9 Å². The minimum Gasteiger partial charge on any atom is -0.494 e. The molecule has 0 bridgehead atoms. The summed E-state index contributed by atoms with van der Waals surface area (Å²) in [5.41, 5.74) is 1.62. The molecule has 0 N–H and O–H groups in total. The highest BCUT2D eigenvalue weighted by atomic mass is 35.5. The third-order valence-corrected chi connectivity index (χ3v) is 5.77. The van der Waals surface area contributed by atoms with Gasteiger partial charge in [0.1, 0.15) is 17.3 Å². The van der Waals surface area contributed by atoms with Crippen LogP contribution in [-0.4, -0.2) is 34.3 Å². The summed E-state index contributed by atoms with van der Waals surface area (Å²) in [5.74, 6) is 1.81. The lowest BCUT2D eigenvalue weighted by Crippen LogP contribution is -2.39. The number of fused-ring (bicyclic) bond motifs is 1. The zero-order valence-electron chi connectivity index (χ0n) is 20.1. The van der Waals surface area contributed by atoms with Crippen LogP contribution in [0.1, 0.15) is 58.3 Å². The Bertz CT molecular complexity index is 1110. The fourth-order valence-electron chi connectivity index (χ4n) is 3.59. The van der Waals surface area contributed by atoms with E-state index in [4.69, 9.17) is 25.8 Å². The van der Waals surface area contributed by atoms with Crippen LogP contribution in [0.4, 0.5) is 0 Å². The first-order chi connectivity index (χ1) is 15.7. The molecule has 3 aromatic rings. The summed E-state index contributed by atoms with van der Waals surface area (Å²) in [6, 6.07) is 11.4. The summed E-state index contributed by atoms with van der Waals surface area (Å²) in [6.07, 6.45) is 3.35. The zero-order valence-corrected chi connectivity index (χ0v) is 20.9. The Hall–Kier alpha value is -2.73. The summed E-state index contributed by atoms with van der Waals surface area (Å²) in [4.78, 5) is 16.9. The van der Waals surface area contributed by atoms with Crippen molar-refractivity contribution in [3.05, 3.63) is 52.8 Å². The monoisotopic (exact) mass is 472 g/mol. The van der Waals surface area contributed by atoms with Crippen LogP contribution < -0.4 is 9.47 Å². The molecule has 0 aliphatic heterocycles. The molecule has 0 amide bonds. The largest absolute Gasteiger partial charge is 0.494 e. The van der Waals surface area contributed by atoms with E-state index in [1.54, 1.807) is 20.8 Å². The Labute approximate surface area is 200 Å². The van der Waals surface area contributed by atoms with Gasteiger partial charge in [-0.15, -0.1) is 0 Å². The molecule has 0 aliphatic carbocycles. The molecule has 3 rings (SSSR count). The molecule has 0 saturated carbocycles. The molecule has 0 spiro atoms. The van der Waals surface area contributed by atoms with Gasteiger partial charge in [-0.25, -0.2) is 9.78 Å². The molecule has 0 unspecified atom stereocenters. The van der Waals surface area contributed by atoms with Crippen LogP contribution in [0.2, 0.25) is 5.02 Å².